The van der Waals surface area contributed by atoms with Crippen molar-refractivity contribution in [2.45, 2.75) is 20.8 Å². The lowest BCUT2D eigenvalue weighted by Gasteiger charge is -2.12. The van der Waals surface area contributed by atoms with E-state index in [4.69, 9.17) is 9.84 Å². The zero-order valence-corrected chi connectivity index (χ0v) is 20.1. The molecule has 2 amide bonds. The summed E-state index contributed by atoms with van der Waals surface area (Å²) in [6.07, 6.45) is 1.67. The Morgan fingerprint density at radius 3 is 2.42 bits per heavy atom. The molecule has 0 saturated heterocycles. The number of para-hydroxylation sites is 1. The molecule has 0 fully saturated rings. The number of aryl methyl sites for hydroxylation is 2. The number of ether oxygens (including phenoxy) is 1. The highest BCUT2D eigenvalue weighted by Gasteiger charge is 2.29. The van der Waals surface area contributed by atoms with Crippen molar-refractivity contribution in [2.24, 2.45) is 5.10 Å². The van der Waals surface area contributed by atoms with Gasteiger partial charge in [-0.05, 0) is 80.4 Å². The highest BCUT2D eigenvalue weighted by atomic mass is 16.5. The fraction of sp³-hybridized carbons (Fsp3) is 0.143. The van der Waals surface area contributed by atoms with Gasteiger partial charge in [0.05, 0.1) is 22.5 Å². The number of hydrazone groups is 1. The van der Waals surface area contributed by atoms with Gasteiger partial charge in [-0.2, -0.15) is 10.1 Å². The molecule has 8 heteroatoms. The van der Waals surface area contributed by atoms with Gasteiger partial charge in [0.1, 0.15) is 5.75 Å². The van der Waals surface area contributed by atoms with Gasteiger partial charge in [-0.25, -0.2) is 4.79 Å². The number of amides is 2. The van der Waals surface area contributed by atoms with Gasteiger partial charge >= 0.3 is 5.97 Å². The van der Waals surface area contributed by atoms with Gasteiger partial charge in [-0.15, -0.1) is 0 Å². The molecular weight excluding hydrogens is 458 g/mol. The van der Waals surface area contributed by atoms with Gasteiger partial charge in [0, 0.05) is 11.3 Å². The van der Waals surface area contributed by atoms with Crippen LogP contribution in [0.3, 0.4) is 0 Å². The number of carbonyl (C=O) groups excluding carboxylic acids is 2. The molecular formula is C28H25N3O5. The van der Waals surface area contributed by atoms with Gasteiger partial charge in [0.15, 0.2) is 6.61 Å². The maximum Gasteiger partial charge on any atom is 0.335 e. The fourth-order valence-electron chi connectivity index (χ4n) is 3.65. The summed E-state index contributed by atoms with van der Waals surface area (Å²) in [5.74, 6) is -1.25. The first-order chi connectivity index (χ1) is 17.2. The summed E-state index contributed by atoms with van der Waals surface area (Å²) in [5, 5.41) is 17.5. The third-order valence-electron chi connectivity index (χ3n) is 5.79. The molecule has 3 aromatic carbocycles. The summed E-state index contributed by atoms with van der Waals surface area (Å²) in [6, 6.07) is 18.7. The number of nitrogens with zero attached hydrogens (tertiary/aromatic N) is 2. The minimum atomic E-state index is -1.05. The van der Waals surface area contributed by atoms with Gasteiger partial charge < -0.3 is 15.2 Å². The van der Waals surface area contributed by atoms with Crippen molar-refractivity contribution in [1.29, 1.82) is 0 Å². The highest BCUT2D eigenvalue weighted by molar-refractivity contribution is 6.32. The Bertz CT molecular complexity index is 1410. The molecule has 4 rings (SSSR count). The molecule has 0 aromatic heterocycles. The number of hydrogen-bond acceptors (Lipinski definition) is 5. The van der Waals surface area contributed by atoms with Crippen molar-refractivity contribution >= 4 is 40.9 Å². The SMILES string of the molecule is CC1=NN(c2ccc(C(=O)O)cc2)C(=O)C1=Cc1ccccc1OCC(=O)Nc1ccc(C)c(C)c1. The van der Waals surface area contributed by atoms with E-state index in [0.29, 0.717) is 34.0 Å². The maximum absolute atomic E-state index is 13.1. The predicted octanol–water partition coefficient (Wildman–Crippen LogP) is 4.83. The second-order valence-corrected chi connectivity index (χ2v) is 8.39. The summed E-state index contributed by atoms with van der Waals surface area (Å²) < 4.78 is 5.78. The summed E-state index contributed by atoms with van der Waals surface area (Å²) in [5.41, 5.74) is 4.99. The van der Waals surface area contributed by atoms with Gasteiger partial charge in [-0.1, -0.05) is 24.3 Å². The highest BCUT2D eigenvalue weighted by Crippen LogP contribution is 2.28. The lowest BCUT2D eigenvalue weighted by molar-refractivity contribution is -0.118. The van der Waals surface area contributed by atoms with Crippen LogP contribution in [0.2, 0.25) is 0 Å². The van der Waals surface area contributed by atoms with Gasteiger partial charge in [0.2, 0.25) is 0 Å². The van der Waals surface area contributed by atoms with E-state index < -0.39 is 5.97 Å². The molecule has 0 saturated carbocycles. The number of aromatic carboxylic acids is 1. The zero-order valence-electron chi connectivity index (χ0n) is 20.1. The minimum absolute atomic E-state index is 0.120. The van der Waals surface area contributed by atoms with Crippen molar-refractivity contribution in [1.82, 2.24) is 0 Å². The van der Waals surface area contributed by atoms with Crippen LogP contribution in [0.1, 0.15) is 34.0 Å². The first kappa shape index (κ1) is 24.4. The van der Waals surface area contributed by atoms with E-state index in [0.717, 1.165) is 11.1 Å². The van der Waals surface area contributed by atoms with E-state index in [9.17, 15) is 14.4 Å². The van der Waals surface area contributed by atoms with E-state index in [1.165, 1.54) is 29.3 Å². The normalized spacial score (nSPS) is 14.1. The summed E-state index contributed by atoms with van der Waals surface area (Å²) >= 11 is 0. The number of nitrogens with one attached hydrogen (secondary N) is 1. The Balaban J connectivity index is 1.48. The Labute approximate surface area is 208 Å². The molecule has 2 N–H and O–H groups in total. The second kappa shape index (κ2) is 10.3. The van der Waals surface area contributed by atoms with E-state index in [-0.39, 0.29) is 24.0 Å². The zero-order chi connectivity index (χ0) is 25.8. The maximum atomic E-state index is 13.1. The molecule has 1 aliphatic rings. The van der Waals surface area contributed by atoms with Crippen LogP contribution in [0, 0.1) is 13.8 Å². The van der Waals surface area contributed by atoms with Crippen LogP contribution in [0.25, 0.3) is 6.08 Å². The Morgan fingerprint density at radius 1 is 1.00 bits per heavy atom. The van der Waals surface area contributed by atoms with Crippen molar-refractivity contribution in [2.75, 3.05) is 16.9 Å². The standard InChI is InChI=1S/C28H25N3O5/c1-17-8-11-22(14-18(17)2)29-26(32)16-36-25-7-5-4-6-21(25)15-24-19(3)30-31(27(24)33)23-12-9-20(10-13-23)28(34)35/h4-15H,16H2,1-3H3,(H,29,32)(H,34,35). The molecule has 0 spiro atoms. The van der Waals surface area contributed by atoms with Crippen molar-refractivity contribution in [3.8, 4) is 5.75 Å². The first-order valence-electron chi connectivity index (χ1n) is 11.3. The third-order valence-corrected chi connectivity index (χ3v) is 5.79. The topological polar surface area (TPSA) is 108 Å². The van der Waals surface area contributed by atoms with Crippen LogP contribution < -0.4 is 15.1 Å². The number of anilines is 2. The molecule has 36 heavy (non-hydrogen) atoms. The molecule has 8 nitrogen and oxygen atoms in total. The molecule has 0 bridgehead atoms. The van der Waals surface area contributed by atoms with Crippen molar-refractivity contribution in [3.63, 3.8) is 0 Å². The van der Waals surface area contributed by atoms with Crippen LogP contribution in [0.5, 0.6) is 5.75 Å². The number of carbonyl (C=O) groups is 3. The minimum Gasteiger partial charge on any atom is -0.483 e. The van der Waals surface area contributed by atoms with Gasteiger partial charge in [0.25, 0.3) is 11.8 Å². The average molecular weight is 484 g/mol. The van der Waals surface area contributed by atoms with E-state index in [1.54, 1.807) is 31.2 Å². The molecule has 3 aromatic rings. The number of carboxylic acid groups (broad SMARTS) is 1. The monoisotopic (exact) mass is 483 g/mol. The molecule has 1 heterocycles. The average Bonchev–Trinajstić information content (AvgIpc) is 3.14. The summed E-state index contributed by atoms with van der Waals surface area (Å²) in [4.78, 5) is 36.6. The fourth-order valence-corrected chi connectivity index (χ4v) is 3.65. The summed E-state index contributed by atoms with van der Waals surface area (Å²) in [6.45, 7) is 5.50. The van der Waals surface area contributed by atoms with Crippen LogP contribution in [-0.4, -0.2) is 35.2 Å². The molecule has 182 valence electrons. The van der Waals surface area contributed by atoms with Crippen LogP contribution >= 0.6 is 0 Å². The number of benzene rings is 3. The molecule has 0 aliphatic carbocycles. The van der Waals surface area contributed by atoms with Crippen LogP contribution in [0.4, 0.5) is 11.4 Å². The number of carboxylic acids is 1. The lowest BCUT2D eigenvalue weighted by atomic mass is 10.1. The van der Waals surface area contributed by atoms with E-state index in [1.807, 2.05) is 38.1 Å². The van der Waals surface area contributed by atoms with Gasteiger partial charge in [-0.3, -0.25) is 9.59 Å². The predicted molar refractivity (Wildman–Crippen MR) is 138 cm³/mol. The third kappa shape index (κ3) is 5.33. The molecule has 0 radical (unpaired) electrons. The molecule has 0 unspecified atom stereocenters. The Morgan fingerprint density at radius 2 is 1.72 bits per heavy atom. The van der Waals surface area contributed by atoms with E-state index in [2.05, 4.69) is 10.4 Å². The van der Waals surface area contributed by atoms with E-state index >= 15 is 0 Å². The smallest absolute Gasteiger partial charge is 0.335 e. The van der Waals surface area contributed by atoms with Crippen LogP contribution in [0.15, 0.2) is 77.4 Å². The lowest BCUT2D eigenvalue weighted by Crippen LogP contribution is -2.21. The quantitative estimate of drug-likeness (QED) is 0.468. The van der Waals surface area contributed by atoms with Crippen LogP contribution in [-0.2, 0) is 9.59 Å². The Kier molecular flexibility index (Phi) is 6.96. The number of hydrogen-bond donors (Lipinski definition) is 2. The molecule has 0 atom stereocenters. The number of rotatable bonds is 7. The Hall–Kier alpha value is -4.72. The first-order valence-corrected chi connectivity index (χ1v) is 11.3. The largest absolute Gasteiger partial charge is 0.483 e. The summed E-state index contributed by atoms with van der Waals surface area (Å²) in [7, 11) is 0. The van der Waals surface area contributed by atoms with Crippen molar-refractivity contribution in [3.05, 3.63) is 94.6 Å². The van der Waals surface area contributed by atoms with Crippen molar-refractivity contribution < 1.29 is 24.2 Å². The molecule has 1 aliphatic heterocycles. The second-order valence-electron chi connectivity index (χ2n) is 8.39.